The Labute approximate surface area is 105 Å². The van der Waals surface area contributed by atoms with Crippen molar-refractivity contribution in [3.63, 3.8) is 0 Å². The first kappa shape index (κ1) is 13.1. The molecule has 2 fully saturated rings. The fourth-order valence-corrected chi connectivity index (χ4v) is 2.86. The van der Waals surface area contributed by atoms with Crippen molar-refractivity contribution in [2.24, 2.45) is 5.92 Å². The SMILES string of the molecule is C=C(C)CN1CCC(CN2CCOCC2)CC1. The van der Waals surface area contributed by atoms with Crippen molar-refractivity contribution in [2.75, 3.05) is 52.5 Å². The zero-order valence-corrected chi connectivity index (χ0v) is 11.2. The highest BCUT2D eigenvalue weighted by atomic mass is 16.5. The van der Waals surface area contributed by atoms with Crippen LogP contribution in [-0.2, 0) is 4.74 Å². The summed E-state index contributed by atoms with van der Waals surface area (Å²) in [5.74, 6) is 0.898. The van der Waals surface area contributed by atoms with Crippen LogP contribution in [0.4, 0.5) is 0 Å². The van der Waals surface area contributed by atoms with Crippen LogP contribution in [0, 0.1) is 5.92 Å². The van der Waals surface area contributed by atoms with Gasteiger partial charge < -0.3 is 4.74 Å². The molecule has 98 valence electrons. The number of piperidine rings is 1. The molecule has 0 saturated carbocycles. The molecule has 0 N–H and O–H groups in total. The van der Waals surface area contributed by atoms with Crippen LogP contribution in [0.5, 0.6) is 0 Å². The highest BCUT2D eigenvalue weighted by molar-refractivity contribution is 4.93. The molecule has 0 radical (unpaired) electrons. The molecule has 0 aromatic heterocycles. The Bertz CT molecular complexity index is 241. The van der Waals surface area contributed by atoms with Crippen LogP contribution in [0.2, 0.25) is 0 Å². The van der Waals surface area contributed by atoms with Crippen molar-refractivity contribution in [1.29, 1.82) is 0 Å². The molecule has 0 spiro atoms. The van der Waals surface area contributed by atoms with Crippen LogP contribution in [0.25, 0.3) is 0 Å². The smallest absolute Gasteiger partial charge is 0.0594 e. The maximum absolute atomic E-state index is 5.39. The average Bonchev–Trinajstić information content (AvgIpc) is 2.32. The molecule has 0 bridgehead atoms. The number of morpholine rings is 1. The van der Waals surface area contributed by atoms with Crippen molar-refractivity contribution < 1.29 is 4.74 Å². The second-order valence-electron chi connectivity index (χ2n) is 5.59. The van der Waals surface area contributed by atoms with Gasteiger partial charge in [0, 0.05) is 26.2 Å². The molecule has 0 atom stereocenters. The second-order valence-corrected chi connectivity index (χ2v) is 5.59. The lowest BCUT2D eigenvalue weighted by Gasteiger charge is -2.36. The van der Waals surface area contributed by atoms with Crippen molar-refractivity contribution in [1.82, 2.24) is 9.80 Å². The van der Waals surface area contributed by atoms with Gasteiger partial charge in [-0.1, -0.05) is 12.2 Å². The Morgan fingerprint density at radius 3 is 2.35 bits per heavy atom. The van der Waals surface area contributed by atoms with Gasteiger partial charge in [0.1, 0.15) is 0 Å². The average molecular weight is 238 g/mol. The third-order valence-corrected chi connectivity index (χ3v) is 3.82. The molecule has 17 heavy (non-hydrogen) atoms. The van der Waals surface area contributed by atoms with Crippen LogP contribution >= 0.6 is 0 Å². The standard InChI is InChI=1S/C14H26N2O/c1-13(2)11-15-5-3-14(4-6-15)12-16-7-9-17-10-8-16/h14H,1,3-12H2,2H3. The summed E-state index contributed by atoms with van der Waals surface area (Å²) < 4.78 is 5.39. The summed E-state index contributed by atoms with van der Waals surface area (Å²) in [6, 6.07) is 0. The van der Waals surface area contributed by atoms with Gasteiger partial charge in [-0.15, -0.1) is 0 Å². The number of hydrogen-bond acceptors (Lipinski definition) is 3. The van der Waals surface area contributed by atoms with E-state index >= 15 is 0 Å². The molecule has 2 saturated heterocycles. The number of hydrogen-bond donors (Lipinski definition) is 0. The first-order valence-corrected chi connectivity index (χ1v) is 6.91. The minimum Gasteiger partial charge on any atom is -0.379 e. The van der Waals surface area contributed by atoms with Gasteiger partial charge in [0.2, 0.25) is 0 Å². The van der Waals surface area contributed by atoms with Gasteiger partial charge in [-0.25, -0.2) is 0 Å². The van der Waals surface area contributed by atoms with Crippen LogP contribution in [0.1, 0.15) is 19.8 Å². The molecule has 0 aromatic carbocycles. The van der Waals surface area contributed by atoms with E-state index in [1.165, 1.54) is 38.0 Å². The Balaban J connectivity index is 1.66. The number of rotatable bonds is 4. The first-order valence-electron chi connectivity index (χ1n) is 6.91. The summed E-state index contributed by atoms with van der Waals surface area (Å²) in [6.07, 6.45) is 2.70. The molecule has 2 aliphatic heterocycles. The summed E-state index contributed by atoms with van der Waals surface area (Å²) in [6.45, 7) is 15.1. The molecular weight excluding hydrogens is 212 g/mol. The topological polar surface area (TPSA) is 15.7 Å². The lowest BCUT2D eigenvalue weighted by molar-refractivity contribution is 0.0249. The Morgan fingerprint density at radius 1 is 1.12 bits per heavy atom. The van der Waals surface area contributed by atoms with Gasteiger partial charge in [0.25, 0.3) is 0 Å². The molecule has 2 aliphatic rings. The highest BCUT2D eigenvalue weighted by Crippen LogP contribution is 2.19. The maximum atomic E-state index is 5.39. The van der Waals surface area contributed by atoms with Gasteiger partial charge in [0.15, 0.2) is 0 Å². The van der Waals surface area contributed by atoms with Crippen molar-refractivity contribution >= 4 is 0 Å². The first-order chi connectivity index (χ1) is 8.24. The quantitative estimate of drug-likeness (QED) is 0.692. The summed E-state index contributed by atoms with van der Waals surface area (Å²) in [7, 11) is 0. The lowest BCUT2D eigenvalue weighted by atomic mass is 9.96. The van der Waals surface area contributed by atoms with Crippen molar-refractivity contribution in [3.8, 4) is 0 Å². The molecule has 3 nitrogen and oxygen atoms in total. The van der Waals surface area contributed by atoms with Gasteiger partial charge >= 0.3 is 0 Å². The van der Waals surface area contributed by atoms with E-state index in [1.54, 1.807) is 0 Å². The molecule has 0 aliphatic carbocycles. The third kappa shape index (κ3) is 4.41. The minimum absolute atomic E-state index is 0.898. The number of likely N-dealkylation sites (tertiary alicyclic amines) is 1. The highest BCUT2D eigenvalue weighted by Gasteiger charge is 2.22. The Hall–Kier alpha value is -0.380. The Kier molecular flexibility index (Phi) is 5.01. The fourth-order valence-electron chi connectivity index (χ4n) is 2.86. The molecule has 0 aromatic rings. The lowest BCUT2D eigenvalue weighted by Crippen LogP contribution is -2.43. The van der Waals surface area contributed by atoms with E-state index in [0.717, 1.165) is 38.8 Å². The van der Waals surface area contributed by atoms with Crippen molar-refractivity contribution in [2.45, 2.75) is 19.8 Å². The summed E-state index contributed by atoms with van der Waals surface area (Å²) in [5.41, 5.74) is 1.29. The van der Waals surface area contributed by atoms with Gasteiger partial charge in [-0.3, -0.25) is 9.80 Å². The zero-order chi connectivity index (χ0) is 12.1. The maximum Gasteiger partial charge on any atom is 0.0594 e. The normalized spacial score (nSPS) is 25.0. The van der Waals surface area contributed by atoms with E-state index in [9.17, 15) is 0 Å². The zero-order valence-electron chi connectivity index (χ0n) is 11.2. The summed E-state index contributed by atoms with van der Waals surface area (Å²) in [4.78, 5) is 5.11. The molecular formula is C14H26N2O. The third-order valence-electron chi connectivity index (χ3n) is 3.82. The van der Waals surface area contributed by atoms with Gasteiger partial charge in [-0.2, -0.15) is 0 Å². The Morgan fingerprint density at radius 2 is 1.76 bits per heavy atom. The predicted octanol–water partition coefficient (Wildman–Crippen LogP) is 1.61. The van der Waals surface area contributed by atoms with E-state index in [2.05, 4.69) is 23.3 Å². The predicted molar refractivity (Wildman–Crippen MR) is 71.2 cm³/mol. The molecule has 2 heterocycles. The van der Waals surface area contributed by atoms with Gasteiger partial charge in [0.05, 0.1) is 13.2 Å². The second kappa shape index (κ2) is 6.53. The number of nitrogens with zero attached hydrogens (tertiary/aromatic N) is 2. The van der Waals surface area contributed by atoms with Crippen LogP contribution < -0.4 is 0 Å². The van der Waals surface area contributed by atoms with Crippen LogP contribution in [-0.4, -0.2) is 62.3 Å². The van der Waals surface area contributed by atoms with E-state index in [-0.39, 0.29) is 0 Å². The molecule has 0 unspecified atom stereocenters. The minimum atomic E-state index is 0.898. The number of ether oxygens (including phenoxy) is 1. The van der Waals surface area contributed by atoms with E-state index in [1.807, 2.05) is 0 Å². The fraction of sp³-hybridized carbons (Fsp3) is 0.857. The largest absolute Gasteiger partial charge is 0.379 e. The molecule has 3 heteroatoms. The van der Waals surface area contributed by atoms with Crippen LogP contribution in [0.15, 0.2) is 12.2 Å². The van der Waals surface area contributed by atoms with E-state index in [4.69, 9.17) is 4.74 Å². The van der Waals surface area contributed by atoms with Gasteiger partial charge in [-0.05, 0) is 38.8 Å². The van der Waals surface area contributed by atoms with E-state index in [0.29, 0.717) is 0 Å². The van der Waals surface area contributed by atoms with E-state index < -0.39 is 0 Å². The monoisotopic (exact) mass is 238 g/mol. The summed E-state index contributed by atoms with van der Waals surface area (Å²) >= 11 is 0. The summed E-state index contributed by atoms with van der Waals surface area (Å²) in [5, 5.41) is 0. The molecule has 2 rings (SSSR count). The van der Waals surface area contributed by atoms with Crippen molar-refractivity contribution in [3.05, 3.63) is 12.2 Å². The van der Waals surface area contributed by atoms with Crippen LogP contribution in [0.3, 0.4) is 0 Å². The molecule has 0 amide bonds.